The zero-order valence-corrected chi connectivity index (χ0v) is 6.50. The zero-order chi connectivity index (χ0) is 8.20. The first kappa shape index (κ1) is 10.1. The summed E-state index contributed by atoms with van der Waals surface area (Å²) >= 11 is 0. The molecule has 0 aromatic rings. The highest BCUT2D eigenvalue weighted by Crippen LogP contribution is 2.35. The van der Waals surface area contributed by atoms with Crippen LogP contribution in [-0.2, 0) is 4.57 Å². The molecule has 0 saturated carbocycles. The lowest BCUT2D eigenvalue weighted by Crippen LogP contribution is -2.30. The van der Waals surface area contributed by atoms with E-state index < -0.39 is 13.8 Å². The van der Waals surface area contributed by atoms with Crippen molar-refractivity contribution in [2.75, 3.05) is 6.16 Å². The lowest BCUT2D eigenvalue weighted by molar-refractivity contribution is 0.370. The number of nitrogens with two attached hydrogens (primary N) is 2. The maximum Gasteiger partial charge on any atom is 0.325 e. The Kier molecular flexibility index (Phi) is 4.08. The highest BCUT2D eigenvalue weighted by Gasteiger charge is 2.11. The van der Waals surface area contributed by atoms with Crippen molar-refractivity contribution in [2.45, 2.75) is 19.0 Å². The first-order chi connectivity index (χ1) is 4.42. The van der Waals surface area contributed by atoms with E-state index in [-0.39, 0.29) is 6.16 Å². The van der Waals surface area contributed by atoms with Gasteiger partial charge in [-0.3, -0.25) is 4.57 Å². The Hall–Kier alpha value is 0.0700. The van der Waals surface area contributed by atoms with Gasteiger partial charge in [0.25, 0.3) is 0 Å². The van der Waals surface area contributed by atoms with Gasteiger partial charge in [0.15, 0.2) is 0 Å². The van der Waals surface area contributed by atoms with E-state index in [1.165, 1.54) is 0 Å². The van der Waals surface area contributed by atoms with Gasteiger partial charge in [-0.05, 0) is 12.8 Å². The van der Waals surface area contributed by atoms with Gasteiger partial charge in [-0.25, -0.2) is 0 Å². The topological polar surface area (TPSA) is 110 Å². The van der Waals surface area contributed by atoms with Crippen molar-refractivity contribution in [1.82, 2.24) is 0 Å². The Bertz CT molecular complexity index is 132. The van der Waals surface area contributed by atoms with E-state index in [4.69, 9.17) is 21.3 Å². The van der Waals surface area contributed by atoms with Crippen LogP contribution >= 0.6 is 7.60 Å². The maximum atomic E-state index is 10.2. The summed E-state index contributed by atoms with van der Waals surface area (Å²) in [6, 6.07) is 0. The average molecular weight is 168 g/mol. The molecule has 0 aliphatic rings. The summed E-state index contributed by atoms with van der Waals surface area (Å²) in [5, 5.41) is 0. The second-order valence-electron chi connectivity index (χ2n) is 2.19. The largest absolute Gasteiger partial charge is 0.325 e. The molecular formula is C4H13N2O3P. The minimum absolute atomic E-state index is 0.127. The van der Waals surface area contributed by atoms with Crippen molar-refractivity contribution in [3.63, 3.8) is 0 Å². The fourth-order valence-electron chi connectivity index (χ4n) is 0.533. The van der Waals surface area contributed by atoms with Gasteiger partial charge in [-0.1, -0.05) is 0 Å². The summed E-state index contributed by atoms with van der Waals surface area (Å²) in [5.74, 6) is 0. The van der Waals surface area contributed by atoms with Crippen LogP contribution in [0.3, 0.4) is 0 Å². The third-order valence-electron chi connectivity index (χ3n) is 0.987. The molecular weight excluding hydrogens is 155 g/mol. The van der Waals surface area contributed by atoms with Crippen LogP contribution in [0.1, 0.15) is 12.8 Å². The van der Waals surface area contributed by atoms with Gasteiger partial charge < -0.3 is 21.3 Å². The van der Waals surface area contributed by atoms with Gasteiger partial charge in [0.05, 0.1) is 6.17 Å². The van der Waals surface area contributed by atoms with Crippen LogP contribution in [0, 0.1) is 0 Å². The molecule has 0 fully saturated rings. The van der Waals surface area contributed by atoms with E-state index in [1.807, 2.05) is 0 Å². The quantitative estimate of drug-likeness (QED) is 0.324. The third-order valence-corrected chi connectivity index (χ3v) is 1.89. The van der Waals surface area contributed by atoms with Gasteiger partial charge in [0.1, 0.15) is 0 Å². The smallest absolute Gasteiger partial charge is 0.324 e. The molecule has 5 nitrogen and oxygen atoms in total. The molecule has 0 atom stereocenters. The number of hydrogen-bond donors (Lipinski definition) is 4. The Morgan fingerprint density at radius 2 is 1.90 bits per heavy atom. The van der Waals surface area contributed by atoms with Gasteiger partial charge in [-0.2, -0.15) is 0 Å². The molecule has 0 saturated heterocycles. The molecule has 0 unspecified atom stereocenters. The molecule has 0 heterocycles. The fraction of sp³-hybridized carbons (Fsp3) is 1.00. The van der Waals surface area contributed by atoms with Gasteiger partial charge >= 0.3 is 7.60 Å². The molecule has 0 aromatic heterocycles. The first-order valence-electron chi connectivity index (χ1n) is 2.97. The third kappa shape index (κ3) is 8.07. The van der Waals surface area contributed by atoms with Crippen LogP contribution in [-0.4, -0.2) is 22.1 Å². The van der Waals surface area contributed by atoms with Crippen molar-refractivity contribution in [1.29, 1.82) is 0 Å². The Labute approximate surface area is 59.6 Å². The molecule has 0 bridgehead atoms. The molecule has 0 radical (unpaired) electrons. The predicted molar refractivity (Wildman–Crippen MR) is 38.3 cm³/mol. The van der Waals surface area contributed by atoms with E-state index in [9.17, 15) is 4.57 Å². The second kappa shape index (κ2) is 4.05. The highest BCUT2D eigenvalue weighted by atomic mass is 31.2. The van der Waals surface area contributed by atoms with Crippen molar-refractivity contribution < 1.29 is 14.4 Å². The van der Waals surface area contributed by atoms with Crippen LogP contribution < -0.4 is 11.5 Å². The summed E-state index contributed by atoms with van der Waals surface area (Å²) in [6.07, 6.45) is 0.233. The molecule has 0 rings (SSSR count). The van der Waals surface area contributed by atoms with Crippen LogP contribution in [0.2, 0.25) is 0 Å². The first-order valence-corrected chi connectivity index (χ1v) is 4.77. The summed E-state index contributed by atoms with van der Waals surface area (Å²) in [4.78, 5) is 16.7. The lowest BCUT2D eigenvalue weighted by atomic mass is 10.3. The van der Waals surface area contributed by atoms with Gasteiger partial charge in [0, 0.05) is 6.16 Å². The standard InChI is InChI=1S/C4H13N2O3P/c5-4(6)2-1-3-10(7,8)9/h4H,1-3,5-6H2,(H2,7,8,9). The van der Waals surface area contributed by atoms with Crippen molar-refractivity contribution in [3.05, 3.63) is 0 Å². The second-order valence-corrected chi connectivity index (χ2v) is 3.97. The minimum atomic E-state index is -3.83. The fourth-order valence-corrected chi connectivity index (χ4v) is 1.13. The molecule has 10 heavy (non-hydrogen) atoms. The van der Waals surface area contributed by atoms with Gasteiger partial charge in [-0.15, -0.1) is 0 Å². The summed E-state index contributed by atoms with van der Waals surface area (Å²) < 4.78 is 10.2. The molecule has 0 aliphatic carbocycles. The summed E-state index contributed by atoms with van der Waals surface area (Å²) in [7, 11) is -3.83. The van der Waals surface area contributed by atoms with Crippen molar-refractivity contribution in [2.24, 2.45) is 11.5 Å². The number of rotatable bonds is 4. The van der Waals surface area contributed by atoms with E-state index in [2.05, 4.69) is 0 Å². The molecule has 0 amide bonds. The van der Waals surface area contributed by atoms with E-state index in [0.29, 0.717) is 12.8 Å². The highest BCUT2D eigenvalue weighted by molar-refractivity contribution is 7.51. The van der Waals surface area contributed by atoms with Crippen LogP contribution in [0.15, 0.2) is 0 Å². The Balaban J connectivity index is 3.30. The lowest BCUT2D eigenvalue weighted by Gasteiger charge is -2.05. The number of hydrogen-bond acceptors (Lipinski definition) is 3. The normalized spacial score (nSPS) is 12.5. The van der Waals surface area contributed by atoms with Crippen molar-refractivity contribution in [3.8, 4) is 0 Å². The molecule has 0 aromatic carbocycles. The molecule has 6 N–H and O–H groups in total. The predicted octanol–water partition coefficient (Wildman–Crippen LogP) is -0.812. The summed E-state index contributed by atoms with van der Waals surface area (Å²) in [5.41, 5.74) is 10.3. The SMILES string of the molecule is NC(N)CCCP(=O)(O)O. The molecule has 0 aliphatic heterocycles. The summed E-state index contributed by atoms with van der Waals surface area (Å²) in [6.45, 7) is 0. The van der Waals surface area contributed by atoms with Crippen LogP contribution in [0.5, 0.6) is 0 Å². The monoisotopic (exact) mass is 168 g/mol. The molecule has 62 valence electrons. The maximum absolute atomic E-state index is 10.2. The molecule has 0 spiro atoms. The Morgan fingerprint density at radius 3 is 2.20 bits per heavy atom. The molecule has 6 heteroatoms. The average Bonchev–Trinajstić information content (AvgIpc) is 1.59. The van der Waals surface area contributed by atoms with Crippen LogP contribution in [0.4, 0.5) is 0 Å². The van der Waals surface area contributed by atoms with Gasteiger partial charge in [0.2, 0.25) is 0 Å². The Morgan fingerprint density at radius 1 is 1.40 bits per heavy atom. The van der Waals surface area contributed by atoms with E-state index in [0.717, 1.165) is 0 Å². The van der Waals surface area contributed by atoms with Crippen molar-refractivity contribution >= 4 is 7.60 Å². The van der Waals surface area contributed by atoms with E-state index in [1.54, 1.807) is 0 Å². The van der Waals surface area contributed by atoms with Crippen LogP contribution in [0.25, 0.3) is 0 Å². The zero-order valence-electron chi connectivity index (χ0n) is 5.60. The minimum Gasteiger partial charge on any atom is -0.324 e. The van der Waals surface area contributed by atoms with E-state index >= 15 is 0 Å².